The number of hydrogen-bond donors (Lipinski definition) is 0. The van der Waals surface area contributed by atoms with Crippen molar-refractivity contribution in [3.63, 3.8) is 0 Å². The van der Waals surface area contributed by atoms with Gasteiger partial charge in [0.1, 0.15) is 11.6 Å². The minimum absolute atomic E-state index is 0.0661. The molecule has 1 aliphatic heterocycles. The summed E-state index contributed by atoms with van der Waals surface area (Å²) in [5, 5.41) is 1.00. The summed E-state index contributed by atoms with van der Waals surface area (Å²) in [6, 6.07) is 19.1. The minimum atomic E-state index is -0.643. The molecule has 4 aromatic rings. The van der Waals surface area contributed by atoms with Crippen LogP contribution < -0.4 is 5.43 Å². The first-order valence-electron chi connectivity index (χ1n) is 9.16. The van der Waals surface area contributed by atoms with Gasteiger partial charge in [-0.05, 0) is 35.9 Å². The first-order valence-corrected chi connectivity index (χ1v) is 9.54. The lowest BCUT2D eigenvalue weighted by Crippen LogP contribution is -2.29. The van der Waals surface area contributed by atoms with E-state index in [0.717, 1.165) is 5.56 Å². The van der Waals surface area contributed by atoms with Gasteiger partial charge in [0, 0.05) is 17.8 Å². The molecule has 2 aromatic heterocycles. The van der Waals surface area contributed by atoms with Crippen molar-refractivity contribution >= 4 is 28.5 Å². The number of carbonyl (C=O) groups is 1. The molecule has 5 nitrogen and oxygen atoms in total. The summed E-state index contributed by atoms with van der Waals surface area (Å²) in [5.41, 5.74) is 1.89. The largest absolute Gasteiger partial charge is 0.450 e. The SMILES string of the molecule is O=C1c2oc3ccccc3c(=O)c2[C@H](c2ccccn2)N1Cc1ccccc1Cl. The average Bonchev–Trinajstić information content (AvgIpc) is 3.03. The van der Waals surface area contributed by atoms with Gasteiger partial charge in [0.05, 0.1) is 16.6 Å². The highest BCUT2D eigenvalue weighted by atomic mass is 35.5. The summed E-state index contributed by atoms with van der Waals surface area (Å²) in [5.74, 6) is -0.283. The van der Waals surface area contributed by atoms with Crippen LogP contribution in [0.25, 0.3) is 11.0 Å². The van der Waals surface area contributed by atoms with Gasteiger partial charge in [-0.15, -0.1) is 0 Å². The standard InChI is InChI=1S/C23H15ClN2O3/c24-16-9-3-1-7-14(16)13-26-20(17-10-5-6-12-25-17)19-21(27)15-8-2-4-11-18(15)29-22(19)23(26)28/h1-12,20H,13H2/t20-/m0/s1. The van der Waals surface area contributed by atoms with Gasteiger partial charge in [-0.1, -0.05) is 48.0 Å². The number of hydrogen-bond acceptors (Lipinski definition) is 4. The fourth-order valence-corrected chi connectivity index (χ4v) is 3.98. The summed E-state index contributed by atoms with van der Waals surface area (Å²) >= 11 is 6.33. The lowest BCUT2D eigenvalue weighted by Gasteiger charge is -2.24. The highest BCUT2D eigenvalue weighted by Crippen LogP contribution is 2.38. The first kappa shape index (κ1) is 17.6. The van der Waals surface area contributed by atoms with Gasteiger partial charge in [0.15, 0.2) is 5.43 Å². The van der Waals surface area contributed by atoms with Crippen LogP contribution in [-0.4, -0.2) is 15.8 Å². The molecule has 29 heavy (non-hydrogen) atoms. The van der Waals surface area contributed by atoms with Crippen LogP contribution >= 0.6 is 11.6 Å². The fourth-order valence-electron chi connectivity index (χ4n) is 3.79. The number of rotatable bonds is 3. The monoisotopic (exact) mass is 402 g/mol. The lowest BCUT2D eigenvalue weighted by atomic mass is 10.0. The Kier molecular flexibility index (Phi) is 4.18. The maximum atomic E-state index is 13.3. The van der Waals surface area contributed by atoms with E-state index >= 15 is 0 Å². The quantitative estimate of drug-likeness (QED) is 0.503. The van der Waals surface area contributed by atoms with Gasteiger partial charge in [0.2, 0.25) is 5.76 Å². The van der Waals surface area contributed by atoms with E-state index in [2.05, 4.69) is 4.98 Å². The number of aromatic nitrogens is 1. The number of carbonyl (C=O) groups excluding carboxylic acids is 1. The van der Waals surface area contributed by atoms with Crippen LogP contribution in [0.5, 0.6) is 0 Å². The number of halogens is 1. The summed E-state index contributed by atoms with van der Waals surface area (Å²) in [6.45, 7) is 0.236. The Bertz CT molecular complexity index is 1300. The molecule has 0 fully saturated rings. The molecular formula is C23H15ClN2O3. The van der Waals surface area contributed by atoms with E-state index < -0.39 is 6.04 Å². The predicted octanol–water partition coefficient (Wildman–Crippen LogP) is 4.59. The Morgan fingerprint density at radius 1 is 0.966 bits per heavy atom. The summed E-state index contributed by atoms with van der Waals surface area (Å²) in [6.07, 6.45) is 1.65. The van der Waals surface area contributed by atoms with Crippen molar-refractivity contribution in [2.24, 2.45) is 0 Å². The third-order valence-electron chi connectivity index (χ3n) is 5.14. The van der Waals surface area contributed by atoms with Gasteiger partial charge in [-0.25, -0.2) is 0 Å². The smallest absolute Gasteiger partial charge is 0.291 e. The molecule has 2 aromatic carbocycles. The van der Waals surface area contributed by atoms with Gasteiger partial charge >= 0.3 is 0 Å². The minimum Gasteiger partial charge on any atom is -0.450 e. The Labute approximate surface area is 171 Å². The normalized spacial score (nSPS) is 15.7. The number of amides is 1. The zero-order chi connectivity index (χ0) is 20.0. The number of fused-ring (bicyclic) bond motifs is 2. The zero-order valence-corrected chi connectivity index (χ0v) is 16.0. The Morgan fingerprint density at radius 3 is 2.52 bits per heavy atom. The van der Waals surface area contributed by atoms with E-state index in [-0.39, 0.29) is 23.6 Å². The second-order valence-corrected chi connectivity index (χ2v) is 7.26. The molecule has 0 N–H and O–H groups in total. The van der Waals surface area contributed by atoms with Crippen LogP contribution in [0.4, 0.5) is 0 Å². The average molecular weight is 403 g/mol. The lowest BCUT2D eigenvalue weighted by molar-refractivity contribution is 0.0712. The van der Waals surface area contributed by atoms with E-state index in [1.165, 1.54) is 0 Å². The van der Waals surface area contributed by atoms with Crippen LogP contribution in [0.1, 0.15) is 33.4 Å². The Hall–Kier alpha value is -3.44. The molecule has 1 amide bonds. The van der Waals surface area contributed by atoms with Crippen molar-refractivity contribution in [3.05, 3.63) is 111 Å². The molecule has 1 atom stereocenters. The fraction of sp³-hybridized carbons (Fsp3) is 0.0870. The van der Waals surface area contributed by atoms with E-state index in [4.69, 9.17) is 16.0 Å². The first-order chi connectivity index (χ1) is 14.1. The van der Waals surface area contributed by atoms with Crippen LogP contribution in [0.2, 0.25) is 5.02 Å². The number of nitrogens with zero attached hydrogens (tertiary/aromatic N) is 2. The summed E-state index contributed by atoms with van der Waals surface area (Å²) < 4.78 is 5.90. The third-order valence-corrected chi connectivity index (χ3v) is 5.51. The molecule has 142 valence electrons. The molecule has 3 heterocycles. The van der Waals surface area contributed by atoms with Crippen LogP contribution in [0.15, 0.2) is 82.1 Å². The van der Waals surface area contributed by atoms with E-state index in [9.17, 15) is 9.59 Å². The topological polar surface area (TPSA) is 63.4 Å². The van der Waals surface area contributed by atoms with Crippen LogP contribution in [0, 0.1) is 0 Å². The van der Waals surface area contributed by atoms with Crippen molar-refractivity contribution in [3.8, 4) is 0 Å². The van der Waals surface area contributed by atoms with Crippen molar-refractivity contribution in [1.82, 2.24) is 9.88 Å². The van der Waals surface area contributed by atoms with Crippen molar-refractivity contribution in [2.45, 2.75) is 12.6 Å². The predicted molar refractivity (Wildman–Crippen MR) is 110 cm³/mol. The number of benzene rings is 2. The molecule has 0 unspecified atom stereocenters. The molecule has 0 bridgehead atoms. The second kappa shape index (κ2) is 6.87. The van der Waals surface area contributed by atoms with Gasteiger partial charge < -0.3 is 9.32 Å². The maximum Gasteiger partial charge on any atom is 0.291 e. The molecule has 0 saturated carbocycles. The molecule has 6 heteroatoms. The molecule has 5 rings (SSSR count). The zero-order valence-electron chi connectivity index (χ0n) is 15.2. The summed E-state index contributed by atoms with van der Waals surface area (Å²) in [7, 11) is 0. The number of pyridine rings is 1. The Balaban J connectivity index is 1.74. The molecule has 0 radical (unpaired) electrons. The third kappa shape index (κ3) is 2.82. The molecule has 0 spiro atoms. The van der Waals surface area contributed by atoms with E-state index in [0.29, 0.717) is 27.2 Å². The highest BCUT2D eigenvalue weighted by Gasteiger charge is 2.43. The van der Waals surface area contributed by atoms with Gasteiger partial charge in [-0.3, -0.25) is 14.6 Å². The highest BCUT2D eigenvalue weighted by molar-refractivity contribution is 6.31. The maximum absolute atomic E-state index is 13.3. The molecule has 1 aliphatic rings. The molecular weight excluding hydrogens is 388 g/mol. The van der Waals surface area contributed by atoms with Gasteiger partial charge in [0.25, 0.3) is 5.91 Å². The molecule has 0 saturated heterocycles. The molecule has 0 aliphatic carbocycles. The van der Waals surface area contributed by atoms with Crippen LogP contribution in [-0.2, 0) is 6.54 Å². The van der Waals surface area contributed by atoms with Crippen LogP contribution in [0.3, 0.4) is 0 Å². The van der Waals surface area contributed by atoms with Crippen molar-refractivity contribution in [2.75, 3.05) is 0 Å². The summed E-state index contributed by atoms with van der Waals surface area (Å²) in [4.78, 5) is 32.7. The van der Waals surface area contributed by atoms with E-state index in [1.807, 2.05) is 24.3 Å². The van der Waals surface area contributed by atoms with E-state index in [1.54, 1.807) is 53.6 Å². The van der Waals surface area contributed by atoms with Gasteiger partial charge in [-0.2, -0.15) is 0 Å². The second-order valence-electron chi connectivity index (χ2n) is 6.85. The Morgan fingerprint density at radius 2 is 1.72 bits per heavy atom. The number of para-hydroxylation sites is 1. The van der Waals surface area contributed by atoms with Crippen molar-refractivity contribution in [1.29, 1.82) is 0 Å². The van der Waals surface area contributed by atoms with Crippen molar-refractivity contribution < 1.29 is 9.21 Å².